The maximum Gasteiger partial charge on any atom is 0.340 e. The first-order valence-electron chi connectivity index (χ1n) is 10.3. The number of carbonyl (C=O) groups excluding carboxylic acids is 2. The van der Waals surface area contributed by atoms with Gasteiger partial charge in [-0.15, -0.1) is 6.58 Å². The normalized spacial score (nSPS) is 10.9. The van der Waals surface area contributed by atoms with E-state index >= 15 is 0 Å². The maximum absolute atomic E-state index is 13.4. The molecule has 0 aliphatic heterocycles. The zero-order valence-electron chi connectivity index (χ0n) is 18.5. The second kappa shape index (κ2) is 12.3. The second-order valence-electron chi connectivity index (χ2n) is 6.94. The highest BCUT2D eigenvalue weighted by Gasteiger charge is 2.26. The molecular formula is C23H27ClN2O6S. The van der Waals surface area contributed by atoms with Crippen molar-refractivity contribution in [3.8, 4) is 5.75 Å². The van der Waals surface area contributed by atoms with Crippen LogP contribution in [0.5, 0.6) is 5.75 Å². The lowest BCUT2D eigenvalue weighted by atomic mass is 10.2. The van der Waals surface area contributed by atoms with E-state index in [-0.39, 0.29) is 22.0 Å². The highest BCUT2D eigenvalue weighted by atomic mass is 35.5. The lowest BCUT2D eigenvalue weighted by molar-refractivity contribution is -0.124. The van der Waals surface area contributed by atoms with Crippen LogP contribution in [0.4, 0.5) is 5.69 Å². The fraction of sp³-hybridized carbons (Fsp3) is 0.304. The van der Waals surface area contributed by atoms with Gasteiger partial charge in [0.1, 0.15) is 5.75 Å². The number of methoxy groups -OCH3 is 1. The van der Waals surface area contributed by atoms with Crippen molar-refractivity contribution < 1.29 is 27.5 Å². The molecule has 0 unspecified atom stereocenters. The number of amides is 1. The summed E-state index contributed by atoms with van der Waals surface area (Å²) in [7, 11) is -2.57. The van der Waals surface area contributed by atoms with Crippen LogP contribution in [0, 0.1) is 0 Å². The molecule has 0 atom stereocenters. The average molecular weight is 495 g/mol. The van der Waals surface area contributed by atoms with Gasteiger partial charge in [0.2, 0.25) is 0 Å². The Balaban J connectivity index is 2.27. The molecule has 0 aliphatic rings. The third kappa shape index (κ3) is 6.97. The summed E-state index contributed by atoms with van der Waals surface area (Å²) >= 11 is 6.11. The molecule has 0 heterocycles. The summed E-state index contributed by atoms with van der Waals surface area (Å²) in [4.78, 5) is 24.1. The van der Waals surface area contributed by atoms with Gasteiger partial charge in [0.25, 0.3) is 15.9 Å². The summed E-state index contributed by atoms with van der Waals surface area (Å²) in [6.07, 6.45) is 3.17. The summed E-state index contributed by atoms with van der Waals surface area (Å²) in [6, 6.07) is 10.2. The third-order valence-corrected chi connectivity index (χ3v) is 6.71. The highest BCUT2D eigenvalue weighted by molar-refractivity contribution is 7.92. The first kappa shape index (κ1) is 26.2. The number of anilines is 1. The summed E-state index contributed by atoms with van der Waals surface area (Å²) in [5.74, 6) is -0.777. The second-order valence-corrected chi connectivity index (χ2v) is 9.21. The molecular weight excluding hydrogens is 468 g/mol. The third-order valence-electron chi connectivity index (χ3n) is 4.59. The van der Waals surface area contributed by atoms with E-state index in [9.17, 15) is 18.0 Å². The SMILES string of the molecule is C=CCN(c1ccc(OC)cc1)S(=O)(=O)c1ccc(Cl)c(C(=O)OCC(=O)NCCCC)c1. The molecule has 1 N–H and O–H groups in total. The Morgan fingerprint density at radius 1 is 1.18 bits per heavy atom. The Kier molecular flexibility index (Phi) is 9.74. The first-order chi connectivity index (χ1) is 15.7. The molecule has 0 bridgehead atoms. The van der Waals surface area contributed by atoms with Crippen LogP contribution in [0.1, 0.15) is 30.1 Å². The minimum Gasteiger partial charge on any atom is -0.497 e. The number of benzene rings is 2. The van der Waals surface area contributed by atoms with Crippen molar-refractivity contribution in [1.82, 2.24) is 5.32 Å². The number of nitrogens with zero attached hydrogens (tertiary/aromatic N) is 1. The molecule has 0 saturated carbocycles. The van der Waals surface area contributed by atoms with Gasteiger partial charge in [-0.2, -0.15) is 0 Å². The highest BCUT2D eigenvalue weighted by Crippen LogP contribution is 2.28. The van der Waals surface area contributed by atoms with Gasteiger partial charge >= 0.3 is 5.97 Å². The summed E-state index contributed by atoms with van der Waals surface area (Å²) in [5, 5.41) is 2.63. The molecule has 2 aromatic carbocycles. The van der Waals surface area contributed by atoms with Gasteiger partial charge in [-0.3, -0.25) is 9.10 Å². The van der Waals surface area contributed by atoms with Crippen molar-refractivity contribution in [3.63, 3.8) is 0 Å². The Labute approximate surface area is 199 Å². The van der Waals surface area contributed by atoms with Crippen LogP contribution in [-0.2, 0) is 19.6 Å². The molecule has 1 amide bonds. The lowest BCUT2D eigenvalue weighted by Gasteiger charge is -2.23. The van der Waals surface area contributed by atoms with Crippen LogP contribution in [0.3, 0.4) is 0 Å². The number of unbranched alkanes of at least 4 members (excludes halogenated alkanes) is 1. The summed E-state index contributed by atoms with van der Waals surface area (Å²) in [6.45, 7) is 5.59. The Morgan fingerprint density at radius 3 is 2.48 bits per heavy atom. The molecule has 8 nitrogen and oxygen atoms in total. The van der Waals surface area contributed by atoms with Crippen LogP contribution >= 0.6 is 11.6 Å². The standard InChI is InChI=1S/C23H27ClN2O6S/c1-4-6-13-25-22(27)16-32-23(28)20-15-19(11-12-21(20)24)33(29,30)26(14-5-2)17-7-9-18(31-3)10-8-17/h5,7-12,15H,2,4,6,13-14,16H2,1,3H3,(H,25,27). The number of hydrogen-bond donors (Lipinski definition) is 1. The number of sulfonamides is 1. The zero-order valence-corrected chi connectivity index (χ0v) is 20.1. The number of nitrogens with one attached hydrogen (secondary N) is 1. The molecule has 2 rings (SSSR count). The molecule has 0 saturated heterocycles. The predicted molar refractivity (Wildman–Crippen MR) is 127 cm³/mol. The van der Waals surface area contributed by atoms with E-state index in [0.29, 0.717) is 18.0 Å². The number of carbonyl (C=O) groups is 2. The van der Waals surface area contributed by atoms with Gasteiger partial charge in [-0.1, -0.05) is 31.0 Å². The van der Waals surface area contributed by atoms with E-state index < -0.39 is 28.5 Å². The van der Waals surface area contributed by atoms with Gasteiger partial charge in [0, 0.05) is 6.54 Å². The van der Waals surface area contributed by atoms with Crippen LogP contribution in [0.15, 0.2) is 60.0 Å². The van der Waals surface area contributed by atoms with Crippen molar-refractivity contribution in [2.24, 2.45) is 0 Å². The van der Waals surface area contributed by atoms with Crippen LogP contribution < -0.4 is 14.4 Å². The lowest BCUT2D eigenvalue weighted by Crippen LogP contribution is -2.31. The molecule has 10 heteroatoms. The minimum absolute atomic E-state index is 0.00468. The largest absolute Gasteiger partial charge is 0.497 e. The number of hydrogen-bond acceptors (Lipinski definition) is 6. The quantitative estimate of drug-likeness (QED) is 0.273. The smallest absolute Gasteiger partial charge is 0.340 e. The minimum atomic E-state index is -4.08. The van der Waals surface area contributed by atoms with E-state index in [0.717, 1.165) is 23.2 Å². The molecule has 2 aromatic rings. The number of halogens is 1. The van der Waals surface area contributed by atoms with Crippen LogP contribution in [0.25, 0.3) is 0 Å². The summed E-state index contributed by atoms with van der Waals surface area (Å²) < 4.78 is 38.0. The van der Waals surface area contributed by atoms with Crippen LogP contribution in [-0.4, -0.2) is 47.1 Å². The van der Waals surface area contributed by atoms with Crippen molar-refractivity contribution in [3.05, 3.63) is 65.7 Å². The van der Waals surface area contributed by atoms with E-state index in [1.807, 2.05) is 6.92 Å². The Morgan fingerprint density at radius 2 is 1.88 bits per heavy atom. The average Bonchev–Trinajstić information content (AvgIpc) is 2.81. The van der Waals surface area contributed by atoms with Gasteiger partial charge < -0.3 is 14.8 Å². The van der Waals surface area contributed by atoms with Crippen molar-refractivity contribution in [1.29, 1.82) is 0 Å². The summed E-state index contributed by atoms with van der Waals surface area (Å²) in [5.41, 5.74) is 0.228. The Bertz CT molecular complexity index is 1090. The van der Waals surface area contributed by atoms with Gasteiger partial charge in [-0.25, -0.2) is 13.2 Å². The number of ether oxygens (including phenoxy) is 2. The van der Waals surface area contributed by atoms with E-state index in [1.54, 1.807) is 24.3 Å². The number of esters is 1. The molecule has 0 fully saturated rings. The van der Waals surface area contributed by atoms with E-state index in [1.165, 1.54) is 25.3 Å². The molecule has 0 aromatic heterocycles. The molecule has 178 valence electrons. The topological polar surface area (TPSA) is 102 Å². The van der Waals surface area contributed by atoms with Crippen molar-refractivity contribution in [2.75, 3.05) is 31.1 Å². The monoisotopic (exact) mass is 494 g/mol. The van der Waals surface area contributed by atoms with E-state index in [2.05, 4.69) is 11.9 Å². The fourth-order valence-corrected chi connectivity index (χ4v) is 4.48. The van der Waals surface area contributed by atoms with Crippen LogP contribution in [0.2, 0.25) is 5.02 Å². The van der Waals surface area contributed by atoms with Gasteiger partial charge in [0.05, 0.1) is 34.8 Å². The van der Waals surface area contributed by atoms with E-state index in [4.69, 9.17) is 21.1 Å². The maximum atomic E-state index is 13.4. The molecule has 0 radical (unpaired) electrons. The Hall–Kier alpha value is -3.04. The van der Waals surface area contributed by atoms with Gasteiger partial charge in [-0.05, 0) is 48.9 Å². The molecule has 33 heavy (non-hydrogen) atoms. The zero-order chi connectivity index (χ0) is 24.4. The first-order valence-corrected chi connectivity index (χ1v) is 12.1. The van der Waals surface area contributed by atoms with Crippen molar-refractivity contribution >= 4 is 39.2 Å². The van der Waals surface area contributed by atoms with Gasteiger partial charge in [0.15, 0.2) is 6.61 Å². The predicted octanol–water partition coefficient (Wildman–Crippen LogP) is 3.80. The van der Waals surface area contributed by atoms with Crippen molar-refractivity contribution in [2.45, 2.75) is 24.7 Å². The number of rotatable bonds is 12. The molecule has 0 spiro atoms. The molecule has 0 aliphatic carbocycles. The fourth-order valence-electron chi connectivity index (χ4n) is 2.82.